The van der Waals surface area contributed by atoms with E-state index in [0.717, 1.165) is 18.2 Å². The van der Waals surface area contributed by atoms with Crippen LogP contribution in [0.3, 0.4) is 0 Å². The number of nitrogens with one attached hydrogen (secondary N) is 1. The van der Waals surface area contributed by atoms with Gasteiger partial charge in [-0.3, -0.25) is 14.9 Å². The molecule has 0 spiro atoms. The number of aryl methyl sites for hydroxylation is 1. The summed E-state index contributed by atoms with van der Waals surface area (Å²) in [5.74, 6) is 0.385. The van der Waals surface area contributed by atoms with Gasteiger partial charge in [0.2, 0.25) is 0 Å². The Kier molecular flexibility index (Phi) is 4.58. The van der Waals surface area contributed by atoms with Crippen LogP contribution in [-0.2, 0) is 6.42 Å². The first-order valence-corrected chi connectivity index (χ1v) is 7.36. The molecule has 0 saturated heterocycles. The Morgan fingerprint density at radius 2 is 1.96 bits per heavy atom. The average Bonchev–Trinajstić information content (AvgIpc) is 3.12. The Hall–Kier alpha value is -2.57. The molecule has 1 N–H and O–H groups in total. The third kappa shape index (κ3) is 3.80. The highest BCUT2D eigenvalue weighted by Gasteiger charge is 2.32. The first-order valence-electron chi connectivity index (χ1n) is 7.36. The van der Waals surface area contributed by atoms with Crippen LogP contribution in [0.1, 0.15) is 55.8 Å². The number of furan rings is 2. The molecule has 2 aromatic heterocycles. The van der Waals surface area contributed by atoms with E-state index in [4.69, 9.17) is 8.83 Å². The zero-order valence-electron chi connectivity index (χ0n) is 13.6. The molecule has 0 radical (unpaired) electrons. The summed E-state index contributed by atoms with van der Waals surface area (Å²) in [6.07, 6.45) is 0.759. The van der Waals surface area contributed by atoms with Crippen LogP contribution in [0.5, 0.6) is 0 Å². The first-order chi connectivity index (χ1) is 10.7. The van der Waals surface area contributed by atoms with E-state index in [0.29, 0.717) is 5.76 Å². The van der Waals surface area contributed by atoms with E-state index in [-0.39, 0.29) is 17.2 Å². The number of carbonyl (C=O) groups is 1. The van der Waals surface area contributed by atoms with Gasteiger partial charge < -0.3 is 14.2 Å². The van der Waals surface area contributed by atoms with Crippen molar-refractivity contribution in [1.82, 2.24) is 5.32 Å². The maximum absolute atomic E-state index is 12.3. The molecule has 0 aliphatic carbocycles. The lowest BCUT2D eigenvalue weighted by molar-refractivity contribution is -0.402. The highest BCUT2D eigenvalue weighted by atomic mass is 16.6. The highest BCUT2D eigenvalue weighted by Crippen LogP contribution is 2.34. The van der Waals surface area contributed by atoms with Gasteiger partial charge in [-0.25, -0.2) is 0 Å². The van der Waals surface area contributed by atoms with Gasteiger partial charge in [0.25, 0.3) is 5.91 Å². The number of nitro groups is 1. The summed E-state index contributed by atoms with van der Waals surface area (Å²) < 4.78 is 10.7. The Morgan fingerprint density at radius 3 is 2.43 bits per heavy atom. The summed E-state index contributed by atoms with van der Waals surface area (Å²) in [6, 6.07) is 5.76. The lowest BCUT2D eigenvalue weighted by Crippen LogP contribution is -2.36. The second-order valence-electron chi connectivity index (χ2n) is 6.33. The van der Waals surface area contributed by atoms with Crippen LogP contribution in [0.2, 0.25) is 0 Å². The fraction of sp³-hybridized carbons (Fsp3) is 0.438. The van der Waals surface area contributed by atoms with Crippen molar-refractivity contribution < 1.29 is 18.6 Å². The first kappa shape index (κ1) is 16.8. The van der Waals surface area contributed by atoms with E-state index in [2.05, 4.69) is 5.32 Å². The molecule has 0 aromatic carbocycles. The minimum Gasteiger partial charge on any atom is -0.464 e. The van der Waals surface area contributed by atoms with E-state index in [9.17, 15) is 14.9 Å². The van der Waals surface area contributed by atoms with E-state index in [1.807, 2.05) is 39.8 Å². The fourth-order valence-electron chi connectivity index (χ4n) is 2.20. The van der Waals surface area contributed by atoms with Crippen molar-refractivity contribution in [1.29, 1.82) is 0 Å². The highest BCUT2D eigenvalue weighted by molar-refractivity contribution is 5.92. The maximum Gasteiger partial charge on any atom is 0.433 e. The molecule has 1 atom stereocenters. The van der Waals surface area contributed by atoms with Crippen LogP contribution >= 0.6 is 0 Å². The van der Waals surface area contributed by atoms with Crippen molar-refractivity contribution in [3.05, 3.63) is 51.7 Å². The van der Waals surface area contributed by atoms with Crippen LogP contribution < -0.4 is 5.32 Å². The topological polar surface area (TPSA) is 98.5 Å². The molecule has 0 aliphatic rings. The summed E-state index contributed by atoms with van der Waals surface area (Å²) in [5.41, 5.74) is -0.308. The minimum absolute atomic E-state index is 0.103. The Balaban J connectivity index is 2.23. The van der Waals surface area contributed by atoms with Crippen LogP contribution in [0, 0.1) is 15.5 Å². The Labute approximate surface area is 133 Å². The third-order valence-corrected chi connectivity index (χ3v) is 3.45. The van der Waals surface area contributed by atoms with Crippen molar-refractivity contribution in [2.75, 3.05) is 0 Å². The maximum atomic E-state index is 12.3. The lowest BCUT2D eigenvalue weighted by Gasteiger charge is -2.29. The molecular weight excluding hydrogens is 300 g/mol. The van der Waals surface area contributed by atoms with Crippen LogP contribution in [0.25, 0.3) is 0 Å². The van der Waals surface area contributed by atoms with Crippen molar-refractivity contribution in [2.45, 2.75) is 40.2 Å². The van der Waals surface area contributed by atoms with Gasteiger partial charge in [-0.15, -0.1) is 0 Å². The van der Waals surface area contributed by atoms with Gasteiger partial charge in [0.05, 0.1) is 12.1 Å². The number of hydrogen-bond donors (Lipinski definition) is 1. The summed E-state index contributed by atoms with van der Waals surface area (Å²) in [6.45, 7) is 7.89. The van der Waals surface area contributed by atoms with Crippen molar-refractivity contribution in [3.63, 3.8) is 0 Å². The Bertz CT molecular complexity index is 708. The molecule has 1 unspecified atom stereocenters. The predicted molar refractivity (Wildman–Crippen MR) is 83.1 cm³/mol. The van der Waals surface area contributed by atoms with Crippen molar-refractivity contribution in [2.24, 2.45) is 5.41 Å². The van der Waals surface area contributed by atoms with Gasteiger partial charge in [-0.05, 0) is 23.6 Å². The molecule has 2 heterocycles. The van der Waals surface area contributed by atoms with E-state index >= 15 is 0 Å². The molecular formula is C16H20N2O5. The van der Waals surface area contributed by atoms with Gasteiger partial charge in [0.1, 0.15) is 16.4 Å². The Morgan fingerprint density at radius 1 is 1.26 bits per heavy atom. The summed E-state index contributed by atoms with van der Waals surface area (Å²) >= 11 is 0. The van der Waals surface area contributed by atoms with E-state index in [1.54, 1.807) is 0 Å². The fourth-order valence-corrected chi connectivity index (χ4v) is 2.20. The average molecular weight is 320 g/mol. The number of rotatable bonds is 5. The standard InChI is InChI=1S/C16H20N2O5/c1-5-10-6-7-11(22-10)14(16(2,3)4)17-15(19)12-8-9-13(23-12)18(20)21/h6-9,14H,5H2,1-4H3,(H,17,19). The molecule has 0 aliphatic heterocycles. The second-order valence-corrected chi connectivity index (χ2v) is 6.33. The van der Waals surface area contributed by atoms with Gasteiger partial charge in [-0.2, -0.15) is 0 Å². The summed E-state index contributed by atoms with van der Waals surface area (Å²) in [5, 5.41) is 13.5. The van der Waals surface area contributed by atoms with E-state index in [1.165, 1.54) is 6.07 Å². The lowest BCUT2D eigenvalue weighted by atomic mass is 9.85. The quantitative estimate of drug-likeness (QED) is 0.666. The molecule has 0 saturated carbocycles. The van der Waals surface area contributed by atoms with Crippen molar-refractivity contribution in [3.8, 4) is 0 Å². The number of hydrogen-bond acceptors (Lipinski definition) is 5. The van der Waals surface area contributed by atoms with Crippen molar-refractivity contribution >= 4 is 11.8 Å². The largest absolute Gasteiger partial charge is 0.464 e. The van der Waals surface area contributed by atoms with Crippen LogP contribution in [-0.4, -0.2) is 10.8 Å². The number of nitrogens with zero attached hydrogens (tertiary/aromatic N) is 1. The monoisotopic (exact) mass is 320 g/mol. The third-order valence-electron chi connectivity index (χ3n) is 3.45. The van der Waals surface area contributed by atoms with Crippen LogP contribution in [0.15, 0.2) is 33.1 Å². The molecule has 7 heteroatoms. The zero-order valence-corrected chi connectivity index (χ0v) is 13.6. The summed E-state index contributed by atoms with van der Waals surface area (Å²) in [7, 11) is 0. The predicted octanol–water partition coefficient (Wildman–Crippen LogP) is 3.86. The molecule has 23 heavy (non-hydrogen) atoms. The number of amides is 1. The molecule has 0 bridgehead atoms. The molecule has 1 amide bonds. The molecule has 0 fully saturated rings. The zero-order chi connectivity index (χ0) is 17.2. The molecule has 7 nitrogen and oxygen atoms in total. The van der Waals surface area contributed by atoms with Gasteiger partial charge in [0, 0.05) is 6.42 Å². The minimum atomic E-state index is -0.682. The molecule has 2 aromatic rings. The van der Waals surface area contributed by atoms with Crippen LogP contribution in [0.4, 0.5) is 5.88 Å². The second kappa shape index (κ2) is 6.28. The van der Waals surface area contributed by atoms with E-state index < -0.39 is 16.7 Å². The smallest absolute Gasteiger partial charge is 0.433 e. The number of carbonyl (C=O) groups excluding carboxylic acids is 1. The van der Waals surface area contributed by atoms with Gasteiger partial charge in [0.15, 0.2) is 5.76 Å². The molecule has 2 rings (SSSR count). The molecule has 124 valence electrons. The summed E-state index contributed by atoms with van der Waals surface area (Å²) in [4.78, 5) is 22.3. The van der Waals surface area contributed by atoms with Gasteiger partial charge >= 0.3 is 5.88 Å². The van der Waals surface area contributed by atoms with Gasteiger partial charge in [-0.1, -0.05) is 27.7 Å². The normalized spacial score (nSPS) is 12.9. The SMILES string of the molecule is CCc1ccc(C(NC(=O)c2ccc([N+](=O)[O-])o2)C(C)(C)C)o1.